The lowest BCUT2D eigenvalue weighted by atomic mass is 10.1. The largest absolute Gasteiger partial charge is 0.507 e. The van der Waals surface area contributed by atoms with Crippen molar-refractivity contribution in [1.29, 1.82) is 0 Å². The van der Waals surface area contributed by atoms with E-state index in [0.717, 1.165) is 18.8 Å². The van der Waals surface area contributed by atoms with Crippen LogP contribution in [0.3, 0.4) is 0 Å². The number of rotatable bonds is 6. The van der Waals surface area contributed by atoms with E-state index in [1.807, 2.05) is 20.8 Å². The van der Waals surface area contributed by atoms with Gasteiger partial charge in [0.2, 0.25) is 0 Å². The van der Waals surface area contributed by atoms with Gasteiger partial charge in [0.25, 0.3) is 0 Å². The first kappa shape index (κ1) is 13.4. The Kier molecular flexibility index (Phi) is 4.82. The summed E-state index contributed by atoms with van der Waals surface area (Å²) in [6.07, 6.45) is 0.629. The van der Waals surface area contributed by atoms with Gasteiger partial charge in [0.05, 0.1) is 17.9 Å². The lowest BCUT2D eigenvalue weighted by Crippen LogP contribution is -2.22. The number of anilines is 1. The van der Waals surface area contributed by atoms with Crippen LogP contribution in [0, 0.1) is 0 Å². The van der Waals surface area contributed by atoms with E-state index in [1.54, 1.807) is 12.1 Å². The van der Waals surface area contributed by atoms with Crippen LogP contribution >= 0.6 is 0 Å². The number of ether oxygens (including phenoxy) is 1. The molecule has 0 atom stereocenters. The number of aldehydes is 1. The summed E-state index contributed by atoms with van der Waals surface area (Å²) in [6.45, 7) is 8.11. The average Bonchev–Trinajstić information content (AvgIpc) is 2.34. The average molecular weight is 237 g/mol. The summed E-state index contributed by atoms with van der Waals surface area (Å²) in [5.41, 5.74) is 1.07. The SMILES string of the molecule is CCOc1cc(C=O)c(O)cc1N(CC)CC. The molecule has 0 heterocycles. The molecule has 0 aliphatic carbocycles. The molecule has 0 fully saturated rings. The Balaban J connectivity index is 3.25. The zero-order valence-corrected chi connectivity index (χ0v) is 10.6. The van der Waals surface area contributed by atoms with Gasteiger partial charge in [-0.1, -0.05) is 0 Å². The van der Waals surface area contributed by atoms with E-state index in [2.05, 4.69) is 4.90 Å². The summed E-state index contributed by atoms with van der Waals surface area (Å²) in [4.78, 5) is 12.8. The summed E-state index contributed by atoms with van der Waals surface area (Å²) in [6, 6.07) is 3.17. The predicted octanol–water partition coefficient (Wildman–Crippen LogP) is 2.45. The fraction of sp³-hybridized carbons (Fsp3) is 0.462. The number of hydrogen-bond donors (Lipinski definition) is 1. The fourth-order valence-corrected chi connectivity index (χ4v) is 1.75. The van der Waals surface area contributed by atoms with E-state index in [-0.39, 0.29) is 11.3 Å². The van der Waals surface area contributed by atoms with Gasteiger partial charge >= 0.3 is 0 Å². The van der Waals surface area contributed by atoms with Crippen molar-refractivity contribution in [1.82, 2.24) is 0 Å². The molecule has 0 bridgehead atoms. The highest BCUT2D eigenvalue weighted by molar-refractivity contribution is 5.83. The van der Waals surface area contributed by atoms with E-state index < -0.39 is 0 Å². The Morgan fingerprint density at radius 3 is 2.41 bits per heavy atom. The maximum atomic E-state index is 10.8. The van der Waals surface area contributed by atoms with Crippen molar-refractivity contribution in [2.24, 2.45) is 0 Å². The second-order valence-corrected chi connectivity index (χ2v) is 3.60. The van der Waals surface area contributed by atoms with E-state index in [9.17, 15) is 9.90 Å². The summed E-state index contributed by atoms with van der Waals surface area (Å²) >= 11 is 0. The molecule has 0 aromatic heterocycles. The topological polar surface area (TPSA) is 49.8 Å². The van der Waals surface area contributed by atoms with E-state index in [0.29, 0.717) is 18.6 Å². The Morgan fingerprint density at radius 1 is 1.29 bits per heavy atom. The van der Waals surface area contributed by atoms with Gasteiger partial charge in [0.15, 0.2) is 6.29 Å². The third-order valence-corrected chi connectivity index (χ3v) is 2.64. The van der Waals surface area contributed by atoms with Crippen molar-refractivity contribution in [3.8, 4) is 11.5 Å². The quantitative estimate of drug-likeness (QED) is 0.772. The van der Waals surface area contributed by atoms with Gasteiger partial charge in [-0.05, 0) is 26.8 Å². The van der Waals surface area contributed by atoms with Gasteiger partial charge in [-0.25, -0.2) is 0 Å². The number of benzene rings is 1. The summed E-state index contributed by atoms with van der Waals surface area (Å²) in [5, 5.41) is 9.71. The summed E-state index contributed by atoms with van der Waals surface area (Å²) < 4.78 is 5.51. The summed E-state index contributed by atoms with van der Waals surface area (Å²) in [5.74, 6) is 0.626. The monoisotopic (exact) mass is 237 g/mol. The minimum atomic E-state index is -0.00893. The van der Waals surface area contributed by atoms with Crippen LogP contribution in [0.25, 0.3) is 0 Å². The smallest absolute Gasteiger partial charge is 0.153 e. The lowest BCUT2D eigenvalue weighted by molar-refractivity contribution is 0.112. The van der Waals surface area contributed by atoms with Crippen molar-refractivity contribution in [3.05, 3.63) is 17.7 Å². The van der Waals surface area contributed by atoms with Crippen LogP contribution in [0.4, 0.5) is 5.69 Å². The van der Waals surface area contributed by atoms with Gasteiger partial charge in [0, 0.05) is 19.2 Å². The minimum Gasteiger partial charge on any atom is -0.507 e. The normalized spacial score (nSPS) is 10.1. The zero-order valence-electron chi connectivity index (χ0n) is 10.6. The molecule has 4 heteroatoms. The molecule has 1 aromatic rings. The number of carbonyl (C=O) groups is 1. The minimum absolute atomic E-state index is 0.00893. The second-order valence-electron chi connectivity index (χ2n) is 3.60. The van der Waals surface area contributed by atoms with Gasteiger partial charge in [-0.3, -0.25) is 4.79 Å². The molecule has 0 radical (unpaired) electrons. The van der Waals surface area contributed by atoms with Gasteiger partial charge in [-0.15, -0.1) is 0 Å². The predicted molar refractivity (Wildman–Crippen MR) is 68.2 cm³/mol. The van der Waals surface area contributed by atoms with Crippen molar-refractivity contribution >= 4 is 12.0 Å². The highest BCUT2D eigenvalue weighted by atomic mass is 16.5. The number of aromatic hydroxyl groups is 1. The van der Waals surface area contributed by atoms with Gasteiger partial charge in [0.1, 0.15) is 11.5 Å². The highest BCUT2D eigenvalue weighted by Gasteiger charge is 2.13. The van der Waals surface area contributed by atoms with Crippen LogP contribution in [0.2, 0.25) is 0 Å². The van der Waals surface area contributed by atoms with Crippen molar-refractivity contribution < 1.29 is 14.6 Å². The Bertz CT molecular complexity index is 386. The molecule has 0 spiro atoms. The molecule has 1 rings (SSSR count). The molecule has 0 aliphatic heterocycles. The molecule has 17 heavy (non-hydrogen) atoms. The molecule has 4 nitrogen and oxygen atoms in total. The fourth-order valence-electron chi connectivity index (χ4n) is 1.75. The third-order valence-electron chi connectivity index (χ3n) is 2.64. The van der Waals surface area contributed by atoms with Crippen LogP contribution in [-0.4, -0.2) is 31.1 Å². The summed E-state index contributed by atoms with van der Waals surface area (Å²) in [7, 11) is 0. The van der Waals surface area contributed by atoms with Crippen molar-refractivity contribution in [2.45, 2.75) is 20.8 Å². The number of nitrogens with zero attached hydrogens (tertiary/aromatic N) is 1. The van der Waals surface area contributed by atoms with E-state index in [4.69, 9.17) is 4.74 Å². The van der Waals surface area contributed by atoms with Gasteiger partial charge < -0.3 is 14.7 Å². The maximum absolute atomic E-state index is 10.8. The van der Waals surface area contributed by atoms with Crippen molar-refractivity contribution in [3.63, 3.8) is 0 Å². The molecule has 1 N–H and O–H groups in total. The molecule has 0 amide bonds. The first-order chi connectivity index (χ1) is 8.17. The zero-order chi connectivity index (χ0) is 12.8. The van der Waals surface area contributed by atoms with Crippen molar-refractivity contribution in [2.75, 3.05) is 24.6 Å². The molecule has 1 aromatic carbocycles. The second kappa shape index (κ2) is 6.13. The molecule has 0 aliphatic rings. The molecule has 94 valence electrons. The molecule has 0 unspecified atom stereocenters. The highest BCUT2D eigenvalue weighted by Crippen LogP contribution is 2.34. The first-order valence-electron chi connectivity index (χ1n) is 5.87. The Labute approximate surface area is 102 Å². The molecule has 0 saturated heterocycles. The van der Waals surface area contributed by atoms with E-state index in [1.165, 1.54) is 0 Å². The number of phenolic OH excluding ortho intramolecular Hbond substituents is 1. The molecular weight excluding hydrogens is 218 g/mol. The van der Waals surface area contributed by atoms with Crippen LogP contribution < -0.4 is 9.64 Å². The van der Waals surface area contributed by atoms with Crippen LogP contribution in [0.1, 0.15) is 31.1 Å². The van der Waals surface area contributed by atoms with E-state index >= 15 is 0 Å². The third kappa shape index (κ3) is 2.90. The van der Waals surface area contributed by atoms with Gasteiger partial charge in [-0.2, -0.15) is 0 Å². The first-order valence-corrected chi connectivity index (χ1v) is 5.87. The number of hydrogen-bond acceptors (Lipinski definition) is 4. The van der Waals surface area contributed by atoms with Crippen LogP contribution in [0.15, 0.2) is 12.1 Å². The lowest BCUT2D eigenvalue weighted by Gasteiger charge is -2.24. The number of carbonyl (C=O) groups excluding carboxylic acids is 1. The maximum Gasteiger partial charge on any atom is 0.153 e. The number of phenols is 1. The molecular formula is C13H19NO3. The molecule has 0 saturated carbocycles. The Morgan fingerprint density at radius 2 is 1.94 bits per heavy atom. The standard InChI is InChI=1S/C13H19NO3/c1-4-14(5-2)11-8-12(16)10(9-15)7-13(11)17-6-3/h7-9,16H,4-6H2,1-3H3. The van der Waals surface area contributed by atoms with Crippen LogP contribution in [-0.2, 0) is 0 Å². The Hall–Kier alpha value is -1.71. The van der Waals surface area contributed by atoms with Crippen LogP contribution in [0.5, 0.6) is 11.5 Å².